The zero-order chi connectivity index (χ0) is 19.6. The van der Waals surface area contributed by atoms with E-state index in [1.807, 2.05) is 42.5 Å². The first-order valence-corrected chi connectivity index (χ1v) is 8.55. The smallest absolute Gasteiger partial charge is 0.246 e. The van der Waals surface area contributed by atoms with Crippen LogP contribution >= 0.6 is 0 Å². The quantitative estimate of drug-likeness (QED) is 0.498. The van der Waals surface area contributed by atoms with E-state index >= 15 is 0 Å². The lowest BCUT2D eigenvalue weighted by Gasteiger charge is -2.15. The maximum absolute atomic E-state index is 12.4. The van der Waals surface area contributed by atoms with Crippen molar-refractivity contribution >= 4 is 12.0 Å². The van der Waals surface area contributed by atoms with Crippen molar-refractivity contribution in [1.29, 1.82) is 0 Å². The highest BCUT2D eigenvalue weighted by Crippen LogP contribution is 2.25. The second-order valence-corrected chi connectivity index (χ2v) is 5.88. The monoisotopic (exact) mass is 367 g/mol. The fourth-order valence-electron chi connectivity index (χ4n) is 2.46. The molecule has 0 bridgehead atoms. The summed E-state index contributed by atoms with van der Waals surface area (Å²) in [7, 11) is 4.95. The van der Waals surface area contributed by atoms with E-state index in [-0.39, 0.29) is 5.91 Å². The van der Waals surface area contributed by atoms with Gasteiger partial charge in [-0.2, -0.15) is 0 Å². The third-order valence-corrected chi connectivity index (χ3v) is 3.93. The Balaban J connectivity index is 2.01. The van der Waals surface area contributed by atoms with E-state index < -0.39 is 0 Å². The molecule has 142 valence electrons. The predicted molar refractivity (Wildman–Crippen MR) is 107 cm³/mol. The number of nitrogens with zero attached hydrogens (tertiary/aromatic N) is 1. The van der Waals surface area contributed by atoms with E-state index in [0.717, 1.165) is 16.9 Å². The molecule has 0 unspecified atom stereocenters. The molecule has 2 rings (SSSR count). The molecule has 2 aromatic carbocycles. The minimum atomic E-state index is -0.105. The van der Waals surface area contributed by atoms with Crippen molar-refractivity contribution in [2.75, 3.05) is 27.9 Å². The summed E-state index contributed by atoms with van der Waals surface area (Å²) in [4.78, 5) is 14.1. The zero-order valence-corrected chi connectivity index (χ0v) is 16.0. The highest BCUT2D eigenvalue weighted by molar-refractivity contribution is 5.92. The van der Waals surface area contributed by atoms with Gasteiger partial charge in [-0.15, -0.1) is 0 Å². The topological polar surface area (TPSA) is 48.0 Å². The minimum absolute atomic E-state index is 0.105. The van der Waals surface area contributed by atoms with Gasteiger partial charge in [-0.1, -0.05) is 24.8 Å². The van der Waals surface area contributed by atoms with E-state index in [1.165, 1.54) is 6.08 Å². The number of rotatable bonds is 9. The molecule has 0 aliphatic heterocycles. The number of ether oxygens (including phenoxy) is 3. The molecule has 27 heavy (non-hydrogen) atoms. The van der Waals surface area contributed by atoms with Crippen LogP contribution in [0.1, 0.15) is 11.1 Å². The molecule has 5 heteroatoms. The van der Waals surface area contributed by atoms with Gasteiger partial charge in [0.1, 0.15) is 23.9 Å². The van der Waals surface area contributed by atoms with E-state index in [0.29, 0.717) is 24.7 Å². The molecule has 1 amide bonds. The van der Waals surface area contributed by atoms with Crippen LogP contribution in [0.2, 0.25) is 0 Å². The molecule has 5 nitrogen and oxygen atoms in total. The molecule has 0 aromatic heterocycles. The lowest BCUT2D eigenvalue weighted by atomic mass is 10.1. The minimum Gasteiger partial charge on any atom is -0.497 e. The molecular weight excluding hydrogens is 342 g/mol. The van der Waals surface area contributed by atoms with Crippen LogP contribution in [-0.4, -0.2) is 38.7 Å². The lowest BCUT2D eigenvalue weighted by Crippen LogP contribution is -2.24. The number of benzene rings is 2. The maximum Gasteiger partial charge on any atom is 0.246 e. The summed E-state index contributed by atoms with van der Waals surface area (Å²) in [6.45, 7) is 4.59. The Hall–Kier alpha value is -3.21. The lowest BCUT2D eigenvalue weighted by molar-refractivity contribution is -0.125. The molecule has 0 saturated heterocycles. The number of methoxy groups -OCH3 is 2. The number of carbonyl (C=O) groups is 1. The summed E-state index contributed by atoms with van der Waals surface area (Å²) >= 11 is 0. The van der Waals surface area contributed by atoms with Crippen LogP contribution in [0, 0.1) is 0 Å². The Morgan fingerprint density at radius 3 is 2.41 bits per heavy atom. The van der Waals surface area contributed by atoms with Crippen LogP contribution in [0.15, 0.2) is 61.2 Å². The summed E-state index contributed by atoms with van der Waals surface area (Å²) in [6, 6.07) is 13.1. The molecule has 0 aliphatic carbocycles. The normalized spacial score (nSPS) is 10.5. The van der Waals surface area contributed by atoms with Gasteiger partial charge in [-0.05, 0) is 42.0 Å². The fraction of sp³-hybridized carbons (Fsp3) is 0.227. The molecule has 0 aliphatic rings. The van der Waals surface area contributed by atoms with Gasteiger partial charge in [0.15, 0.2) is 0 Å². The second kappa shape index (κ2) is 10.1. The van der Waals surface area contributed by atoms with Gasteiger partial charge in [0, 0.05) is 25.2 Å². The van der Waals surface area contributed by atoms with Gasteiger partial charge < -0.3 is 19.1 Å². The van der Waals surface area contributed by atoms with Crippen molar-refractivity contribution in [3.05, 3.63) is 72.3 Å². The second-order valence-electron chi connectivity index (χ2n) is 5.88. The SMILES string of the molecule is C=CCOc1ccc(CN(C)C(=O)/C=C/c2cc(OC)ccc2OC)cc1. The van der Waals surface area contributed by atoms with Crippen molar-refractivity contribution in [2.24, 2.45) is 0 Å². The Labute approximate surface area is 160 Å². The zero-order valence-electron chi connectivity index (χ0n) is 16.0. The van der Waals surface area contributed by atoms with E-state index in [2.05, 4.69) is 6.58 Å². The van der Waals surface area contributed by atoms with Gasteiger partial charge in [0.05, 0.1) is 14.2 Å². The predicted octanol–water partition coefficient (Wildman–Crippen LogP) is 3.94. The van der Waals surface area contributed by atoms with E-state index in [1.54, 1.807) is 38.3 Å². The number of likely N-dealkylation sites (N-methyl/N-ethyl adjacent to an activating group) is 1. The average molecular weight is 367 g/mol. The highest BCUT2D eigenvalue weighted by atomic mass is 16.5. The molecule has 2 aromatic rings. The van der Waals surface area contributed by atoms with Crippen molar-refractivity contribution in [2.45, 2.75) is 6.54 Å². The fourth-order valence-corrected chi connectivity index (χ4v) is 2.46. The molecule has 0 spiro atoms. The third-order valence-electron chi connectivity index (χ3n) is 3.93. The van der Waals surface area contributed by atoms with Gasteiger partial charge in [-0.3, -0.25) is 4.79 Å². The van der Waals surface area contributed by atoms with Crippen molar-refractivity contribution in [3.63, 3.8) is 0 Å². The van der Waals surface area contributed by atoms with Crippen LogP contribution in [0.5, 0.6) is 17.2 Å². The van der Waals surface area contributed by atoms with Gasteiger partial charge in [0.25, 0.3) is 0 Å². The first-order valence-electron chi connectivity index (χ1n) is 8.55. The molecule has 0 saturated carbocycles. The Morgan fingerprint density at radius 1 is 1.07 bits per heavy atom. The summed E-state index contributed by atoms with van der Waals surface area (Å²) in [5, 5.41) is 0. The van der Waals surface area contributed by atoms with Gasteiger partial charge >= 0.3 is 0 Å². The van der Waals surface area contributed by atoms with Crippen molar-refractivity contribution < 1.29 is 19.0 Å². The summed E-state index contributed by atoms with van der Waals surface area (Å²) in [5.74, 6) is 2.05. The first kappa shape index (κ1) is 20.1. The summed E-state index contributed by atoms with van der Waals surface area (Å²) < 4.78 is 16.0. The Kier molecular flexibility index (Phi) is 7.49. The molecule has 0 radical (unpaired) electrons. The first-order chi connectivity index (χ1) is 13.1. The molecule has 0 heterocycles. The van der Waals surface area contributed by atoms with Gasteiger partial charge in [-0.25, -0.2) is 0 Å². The molecule has 0 fully saturated rings. The average Bonchev–Trinajstić information content (AvgIpc) is 2.71. The molecule has 0 N–H and O–H groups in total. The summed E-state index contributed by atoms with van der Waals surface area (Å²) in [5.41, 5.74) is 1.80. The van der Waals surface area contributed by atoms with Crippen molar-refractivity contribution in [1.82, 2.24) is 4.90 Å². The number of hydrogen-bond acceptors (Lipinski definition) is 4. The van der Waals surface area contributed by atoms with Crippen molar-refractivity contribution in [3.8, 4) is 17.2 Å². The molecular formula is C22H25NO4. The maximum atomic E-state index is 12.4. The Bertz CT molecular complexity index is 796. The van der Waals surface area contributed by atoms with Crippen LogP contribution in [0.25, 0.3) is 6.08 Å². The largest absolute Gasteiger partial charge is 0.497 e. The van der Waals surface area contributed by atoms with Gasteiger partial charge in [0.2, 0.25) is 5.91 Å². The Morgan fingerprint density at radius 2 is 1.78 bits per heavy atom. The number of amides is 1. The van der Waals surface area contributed by atoms with E-state index in [4.69, 9.17) is 14.2 Å². The highest BCUT2D eigenvalue weighted by Gasteiger charge is 2.08. The molecule has 0 atom stereocenters. The third kappa shape index (κ3) is 5.92. The van der Waals surface area contributed by atoms with Crippen LogP contribution in [-0.2, 0) is 11.3 Å². The van der Waals surface area contributed by atoms with Crippen LogP contribution < -0.4 is 14.2 Å². The summed E-state index contributed by atoms with van der Waals surface area (Å²) in [6.07, 6.45) is 4.95. The number of carbonyl (C=O) groups excluding carboxylic acids is 1. The number of hydrogen-bond donors (Lipinski definition) is 0. The van der Waals surface area contributed by atoms with Crippen LogP contribution in [0.3, 0.4) is 0 Å². The van der Waals surface area contributed by atoms with Crippen LogP contribution in [0.4, 0.5) is 0 Å². The van der Waals surface area contributed by atoms with E-state index in [9.17, 15) is 4.79 Å². The standard InChI is InChI=1S/C22H25NO4/c1-5-14-27-19-9-6-17(7-10-19)16-23(2)22(24)13-8-18-15-20(25-3)11-12-21(18)26-4/h5-13,15H,1,14,16H2,2-4H3/b13-8+.